The highest BCUT2D eigenvalue weighted by Crippen LogP contribution is 2.49. The summed E-state index contributed by atoms with van der Waals surface area (Å²) in [5.41, 5.74) is 13.5. The predicted octanol–water partition coefficient (Wildman–Crippen LogP) is 3.28. The van der Waals surface area contributed by atoms with Gasteiger partial charge in [-0.25, -0.2) is 19.3 Å². The third kappa shape index (κ3) is 3.00. The maximum Gasteiger partial charge on any atom is 0.168 e. The topological polar surface area (TPSA) is 115 Å². The molecule has 0 saturated heterocycles. The van der Waals surface area contributed by atoms with Gasteiger partial charge in [0.05, 0.1) is 9.92 Å². The minimum atomic E-state index is -0.962. The van der Waals surface area contributed by atoms with Crippen LogP contribution in [-0.2, 0) is 4.99 Å². The van der Waals surface area contributed by atoms with Gasteiger partial charge >= 0.3 is 0 Å². The number of hydrogen-bond donors (Lipinski definition) is 4. The van der Waals surface area contributed by atoms with E-state index in [2.05, 4.69) is 25.6 Å². The fourth-order valence-corrected chi connectivity index (χ4v) is 3.77. The summed E-state index contributed by atoms with van der Waals surface area (Å²) < 4.78 is 13.3. The van der Waals surface area contributed by atoms with Crippen LogP contribution in [0.1, 0.15) is 5.56 Å². The van der Waals surface area contributed by atoms with Gasteiger partial charge in [0.15, 0.2) is 4.99 Å². The molecule has 3 aromatic rings. The highest BCUT2D eigenvalue weighted by atomic mass is 35.5. The Balaban J connectivity index is 1.65. The van der Waals surface area contributed by atoms with Gasteiger partial charge in [0.1, 0.15) is 29.6 Å². The second-order valence-electron chi connectivity index (χ2n) is 5.59. The highest BCUT2D eigenvalue weighted by molar-refractivity contribution is 8.01. The Kier molecular flexibility index (Phi) is 4.06. The number of benzene rings is 1. The maximum absolute atomic E-state index is 13.3. The minimum absolute atomic E-state index is 0.0209. The average Bonchev–Trinajstić information content (AvgIpc) is 2.97. The van der Waals surface area contributed by atoms with Crippen LogP contribution in [0.25, 0.3) is 0 Å². The SMILES string of the molecule is Nc1ccc(C2(N)Nc3ncnc(Nc4ccc(F)c(Cl)c4)c3S2)cn1. The lowest BCUT2D eigenvalue weighted by Gasteiger charge is -2.23. The predicted molar refractivity (Wildman–Crippen MR) is 101 cm³/mol. The van der Waals surface area contributed by atoms with Crippen LogP contribution in [0.3, 0.4) is 0 Å². The molecule has 0 fully saturated rings. The van der Waals surface area contributed by atoms with Gasteiger partial charge in [-0.1, -0.05) is 23.4 Å². The molecule has 132 valence electrons. The average molecular weight is 390 g/mol. The van der Waals surface area contributed by atoms with Gasteiger partial charge in [-0.05, 0) is 30.3 Å². The molecule has 0 bridgehead atoms. The number of nitrogen functional groups attached to an aromatic ring is 1. The van der Waals surface area contributed by atoms with Crippen LogP contribution < -0.4 is 22.1 Å². The number of nitrogens with zero attached hydrogens (tertiary/aromatic N) is 3. The van der Waals surface area contributed by atoms with E-state index < -0.39 is 10.8 Å². The molecule has 0 saturated carbocycles. The number of anilines is 4. The standard InChI is InChI=1S/C16H13ClFN7S/c17-10-5-9(2-3-11(10)18)24-14-13-15(23-7-22-14)25-16(20,26-13)8-1-4-12(19)21-6-8/h1-7H,20H2,(H2,19,21)(H2,22,23,24,25). The number of halogens is 2. The van der Waals surface area contributed by atoms with Crippen molar-refractivity contribution in [1.29, 1.82) is 0 Å². The van der Waals surface area contributed by atoms with Crippen molar-refractivity contribution in [2.45, 2.75) is 9.89 Å². The molecule has 1 aromatic carbocycles. The molecule has 0 spiro atoms. The van der Waals surface area contributed by atoms with Gasteiger partial charge in [0, 0.05) is 17.4 Å². The Morgan fingerprint density at radius 1 is 1.19 bits per heavy atom. The first kappa shape index (κ1) is 16.8. The Morgan fingerprint density at radius 3 is 2.77 bits per heavy atom. The van der Waals surface area contributed by atoms with E-state index in [4.69, 9.17) is 23.1 Å². The summed E-state index contributed by atoms with van der Waals surface area (Å²) in [5, 5.41) is 6.31. The quantitative estimate of drug-likeness (QED) is 0.539. The van der Waals surface area contributed by atoms with Crippen molar-refractivity contribution >= 4 is 46.5 Å². The van der Waals surface area contributed by atoms with Crippen LogP contribution in [0.2, 0.25) is 5.02 Å². The molecular weight excluding hydrogens is 377 g/mol. The zero-order valence-electron chi connectivity index (χ0n) is 13.2. The smallest absolute Gasteiger partial charge is 0.168 e. The van der Waals surface area contributed by atoms with Crippen LogP contribution in [0.4, 0.5) is 27.5 Å². The molecule has 10 heteroatoms. The van der Waals surface area contributed by atoms with E-state index >= 15 is 0 Å². The molecule has 3 heterocycles. The lowest BCUT2D eigenvalue weighted by molar-refractivity contribution is 0.628. The van der Waals surface area contributed by atoms with Gasteiger partial charge in [-0.2, -0.15) is 0 Å². The van der Waals surface area contributed by atoms with E-state index in [0.717, 1.165) is 10.5 Å². The number of aromatic nitrogens is 3. The summed E-state index contributed by atoms with van der Waals surface area (Å²) in [7, 11) is 0. The van der Waals surface area contributed by atoms with Crippen LogP contribution >= 0.6 is 23.4 Å². The molecule has 1 unspecified atom stereocenters. The second-order valence-corrected chi connectivity index (χ2v) is 7.25. The van der Waals surface area contributed by atoms with Gasteiger partial charge in [-0.3, -0.25) is 5.73 Å². The maximum atomic E-state index is 13.3. The number of hydrogen-bond acceptors (Lipinski definition) is 8. The highest BCUT2D eigenvalue weighted by Gasteiger charge is 2.39. The monoisotopic (exact) mass is 389 g/mol. The van der Waals surface area contributed by atoms with Crippen molar-refractivity contribution in [3.05, 3.63) is 59.3 Å². The van der Waals surface area contributed by atoms with Gasteiger partial charge < -0.3 is 16.4 Å². The number of fused-ring (bicyclic) bond motifs is 1. The summed E-state index contributed by atoms with van der Waals surface area (Å²) in [6, 6.07) is 7.82. The van der Waals surface area contributed by atoms with Crippen molar-refractivity contribution in [3.8, 4) is 0 Å². The molecule has 26 heavy (non-hydrogen) atoms. The summed E-state index contributed by atoms with van der Waals surface area (Å²) in [6.07, 6.45) is 3.02. The Hall–Kier alpha value is -2.62. The summed E-state index contributed by atoms with van der Waals surface area (Å²) >= 11 is 7.17. The van der Waals surface area contributed by atoms with E-state index in [1.807, 2.05) is 0 Å². The Morgan fingerprint density at radius 2 is 2.04 bits per heavy atom. The Labute approximate surface area is 157 Å². The third-order valence-electron chi connectivity index (χ3n) is 3.77. The zero-order chi connectivity index (χ0) is 18.3. The van der Waals surface area contributed by atoms with Crippen molar-refractivity contribution in [1.82, 2.24) is 15.0 Å². The molecule has 7 nitrogen and oxygen atoms in total. The van der Waals surface area contributed by atoms with Crippen molar-refractivity contribution < 1.29 is 4.39 Å². The van der Waals surface area contributed by atoms with Crippen molar-refractivity contribution in [2.75, 3.05) is 16.4 Å². The number of pyridine rings is 1. The second kappa shape index (κ2) is 6.27. The van der Waals surface area contributed by atoms with Crippen molar-refractivity contribution in [3.63, 3.8) is 0 Å². The molecule has 6 N–H and O–H groups in total. The molecule has 0 amide bonds. The normalized spacial score (nSPS) is 18.3. The summed E-state index contributed by atoms with van der Waals surface area (Å²) in [6.45, 7) is 0. The molecule has 1 aliphatic rings. The van der Waals surface area contributed by atoms with E-state index in [9.17, 15) is 4.39 Å². The fourth-order valence-electron chi connectivity index (χ4n) is 2.48. The van der Waals surface area contributed by atoms with E-state index in [1.165, 1.54) is 30.2 Å². The molecule has 1 atom stereocenters. The molecule has 2 aromatic heterocycles. The fraction of sp³-hybridized carbons (Fsp3) is 0.0625. The van der Waals surface area contributed by atoms with Gasteiger partial charge in [0.25, 0.3) is 0 Å². The first-order valence-electron chi connectivity index (χ1n) is 7.50. The number of rotatable bonds is 3. The molecule has 1 aliphatic heterocycles. The van der Waals surface area contributed by atoms with E-state index in [-0.39, 0.29) is 5.02 Å². The molecule has 0 aliphatic carbocycles. The largest absolute Gasteiger partial charge is 0.384 e. The number of nitrogens with one attached hydrogen (secondary N) is 2. The van der Waals surface area contributed by atoms with E-state index in [1.54, 1.807) is 24.4 Å². The number of nitrogens with two attached hydrogens (primary N) is 2. The molecule has 0 radical (unpaired) electrons. The zero-order valence-corrected chi connectivity index (χ0v) is 14.8. The first-order chi connectivity index (χ1) is 12.4. The van der Waals surface area contributed by atoms with Crippen molar-refractivity contribution in [2.24, 2.45) is 5.73 Å². The summed E-state index contributed by atoms with van der Waals surface area (Å²) in [5.74, 6) is 1.04. The molecular formula is C16H13ClFN7S. The first-order valence-corrected chi connectivity index (χ1v) is 8.69. The lowest BCUT2D eigenvalue weighted by Crippen LogP contribution is -2.38. The van der Waals surface area contributed by atoms with Crippen LogP contribution in [0.5, 0.6) is 0 Å². The van der Waals surface area contributed by atoms with E-state index in [0.29, 0.717) is 23.1 Å². The summed E-state index contributed by atoms with van der Waals surface area (Å²) in [4.78, 5) is 12.3. The van der Waals surface area contributed by atoms with Gasteiger partial charge in [-0.15, -0.1) is 0 Å². The molecule has 4 rings (SSSR count). The van der Waals surface area contributed by atoms with Crippen LogP contribution in [0, 0.1) is 5.82 Å². The third-order valence-corrected chi connectivity index (χ3v) is 5.31. The Bertz CT molecular complexity index is 985. The number of thioether (sulfide) groups is 1. The van der Waals surface area contributed by atoms with Crippen LogP contribution in [-0.4, -0.2) is 15.0 Å². The minimum Gasteiger partial charge on any atom is -0.384 e. The lowest BCUT2D eigenvalue weighted by atomic mass is 10.2. The van der Waals surface area contributed by atoms with Crippen LogP contribution in [0.15, 0.2) is 47.8 Å². The van der Waals surface area contributed by atoms with Gasteiger partial charge in [0.2, 0.25) is 0 Å².